The van der Waals surface area contributed by atoms with Gasteiger partial charge < -0.3 is 9.47 Å². The van der Waals surface area contributed by atoms with Crippen LogP contribution in [-0.2, 0) is 6.42 Å². The molecule has 220 valence electrons. The number of hydrogen-bond acceptors (Lipinski definition) is 1. The van der Waals surface area contributed by atoms with Crippen molar-refractivity contribution in [1.82, 2.24) is 4.57 Å². The molecule has 0 saturated carbocycles. The topological polar surface area (TPSA) is 8.17 Å². The molecular weight excluding hydrogens is 556 g/mol. The molecule has 1 aromatic heterocycles. The van der Waals surface area contributed by atoms with Gasteiger partial charge in [-0.3, -0.25) is 0 Å². The summed E-state index contributed by atoms with van der Waals surface area (Å²) >= 11 is 0. The third-order valence-corrected chi connectivity index (χ3v) is 9.86. The third kappa shape index (κ3) is 4.25. The van der Waals surface area contributed by atoms with Gasteiger partial charge in [0.15, 0.2) is 0 Å². The van der Waals surface area contributed by atoms with Crippen molar-refractivity contribution in [3.05, 3.63) is 174 Å². The highest BCUT2D eigenvalue weighted by Gasteiger charge is 2.25. The van der Waals surface area contributed by atoms with E-state index < -0.39 is 0 Å². The summed E-state index contributed by atoms with van der Waals surface area (Å²) in [7, 11) is 0. The van der Waals surface area contributed by atoms with E-state index in [1.807, 2.05) is 0 Å². The molecule has 1 atom stereocenters. The molecule has 2 heteroatoms. The number of fused-ring (bicyclic) bond motifs is 7. The van der Waals surface area contributed by atoms with Gasteiger partial charge in [-0.25, -0.2) is 0 Å². The molecule has 0 radical (unpaired) electrons. The Morgan fingerprint density at radius 3 is 2.11 bits per heavy atom. The molecule has 2 nitrogen and oxygen atoms in total. The minimum Gasteiger partial charge on any atom is -0.311 e. The molecule has 0 aliphatic heterocycles. The van der Waals surface area contributed by atoms with E-state index in [1.54, 1.807) is 0 Å². The lowest BCUT2D eigenvalue weighted by Gasteiger charge is -2.26. The van der Waals surface area contributed by atoms with E-state index in [2.05, 4.69) is 174 Å². The maximum absolute atomic E-state index is 2.48. The Balaban J connectivity index is 1.18. The minimum atomic E-state index is 0.532. The molecule has 0 amide bonds. The van der Waals surface area contributed by atoms with Crippen LogP contribution >= 0.6 is 0 Å². The van der Waals surface area contributed by atoms with Gasteiger partial charge in [-0.2, -0.15) is 0 Å². The Kier molecular flexibility index (Phi) is 6.28. The van der Waals surface area contributed by atoms with Gasteiger partial charge in [-0.15, -0.1) is 0 Å². The van der Waals surface area contributed by atoms with E-state index in [1.165, 1.54) is 60.9 Å². The van der Waals surface area contributed by atoms with Crippen LogP contribution in [0.25, 0.3) is 44.2 Å². The van der Waals surface area contributed by atoms with E-state index in [4.69, 9.17) is 0 Å². The molecule has 0 N–H and O–H groups in total. The van der Waals surface area contributed by atoms with Gasteiger partial charge in [0.2, 0.25) is 0 Å². The van der Waals surface area contributed by atoms with E-state index in [9.17, 15) is 0 Å². The largest absolute Gasteiger partial charge is 0.311 e. The Labute approximate surface area is 270 Å². The molecule has 9 rings (SSSR count). The van der Waals surface area contributed by atoms with Gasteiger partial charge in [-0.1, -0.05) is 110 Å². The highest BCUT2D eigenvalue weighted by atomic mass is 15.1. The zero-order valence-corrected chi connectivity index (χ0v) is 25.9. The zero-order chi connectivity index (χ0) is 30.6. The number of hydrogen-bond donors (Lipinski definition) is 0. The first-order chi connectivity index (χ1) is 22.7. The number of para-hydroxylation sites is 2. The summed E-state index contributed by atoms with van der Waals surface area (Å²) in [5.41, 5.74) is 15.4. The summed E-state index contributed by atoms with van der Waals surface area (Å²) in [5, 5.41) is 2.59. The summed E-state index contributed by atoms with van der Waals surface area (Å²) in [6.45, 7) is 2.31. The highest BCUT2D eigenvalue weighted by Crippen LogP contribution is 2.45. The van der Waals surface area contributed by atoms with Crippen molar-refractivity contribution in [2.24, 2.45) is 5.92 Å². The van der Waals surface area contributed by atoms with Gasteiger partial charge >= 0.3 is 0 Å². The van der Waals surface area contributed by atoms with Crippen molar-refractivity contribution in [3.63, 3.8) is 0 Å². The molecule has 46 heavy (non-hydrogen) atoms. The van der Waals surface area contributed by atoms with Gasteiger partial charge in [0.25, 0.3) is 0 Å². The predicted molar refractivity (Wildman–Crippen MR) is 195 cm³/mol. The van der Waals surface area contributed by atoms with Gasteiger partial charge in [0.1, 0.15) is 0 Å². The van der Waals surface area contributed by atoms with Crippen molar-refractivity contribution in [1.29, 1.82) is 0 Å². The van der Waals surface area contributed by atoms with Crippen molar-refractivity contribution in [2.45, 2.75) is 19.8 Å². The second-order valence-corrected chi connectivity index (χ2v) is 12.6. The van der Waals surface area contributed by atoms with Crippen LogP contribution in [-0.4, -0.2) is 4.57 Å². The van der Waals surface area contributed by atoms with Crippen LogP contribution < -0.4 is 4.90 Å². The van der Waals surface area contributed by atoms with Crippen LogP contribution in [0, 0.1) is 5.92 Å². The average Bonchev–Trinajstić information content (AvgIpc) is 3.66. The molecule has 1 heterocycles. The quantitative estimate of drug-likeness (QED) is 0.194. The standard InChI is InChI=1S/C44H34N2/c1-30-11-5-7-15-38(30)31-19-22-35(23-20-31)45(34-13-3-2-4-14-34)36-24-26-37(27-25-36)46-42-18-10-9-17-40(42)41-28-21-33-29-32-12-6-8-16-39(32)43(33)44(41)46/h2-10,12-28,30H,11,29H2,1H3. The first-order valence-electron chi connectivity index (χ1n) is 16.3. The number of aromatic nitrogens is 1. The highest BCUT2D eigenvalue weighted by molar-refractivity contribution is 6.15. The maximum atomic E-state index is 2.48. The summed E-state index contributed by atoms with van der Waals surface area (Å²) in [5.74, 6) is 0.532. The number of nitrogens with zero attached hydrogens (tertiary/aromatic N) is 2. The average molecular weight is 591 g/mol. The minimum absolute atomic E-state index is 0.532. The molecule has 2 aliphatic rings. The SMILES string of the molecule is CC1CC=CC=C1c1ccc(N(c2ccccc2)c2ccc(-n3c4ccccc4c4ccc5c(c43)-c3ccccc3C5)cc2)cc1. The van der Waals surface area contributed by atoms with Crippen LogP contribution in [0.1, 0.15) is 30.0 Å². The molecule has 0 fully saturated rings. The van der Waals surface area contributed by atoms with Crippen LogP contribution in [0.3, 0.4) is 0 Å². The van der Waals surface area contributed by atoms with Crippen molar-refractivity contribution in [2.75, 3.05) is 4.90 Å². The summed E-state index contributed by atoms with van der Waals surface area (Å²) in [4.78, 5) is 2.35. The van der Waals surface area contributed by atoms with Crippen molar-refractivity contribution >= 4 is 44.4 Å². The third-order valence-electron chi connectivity index (χ3n) is 9.86. The summed E-state index contributed by atoms with van der Waals surface area (Å²) in [6.07, 6.45) is 8.79. The monoisotopic (exact) mass is 590 g/mol. The molecule has 1 unspecified atom stereocenters. The summed E-state index contributed by atoms with van der Waals surface area (Å²) < 4.78 is 2.48. The first kappa shape index (κ1) is 26.8. The molecular formula is C44H34N2. The Hall–Kier alpha value is -5.60. The number of benzene rings is 6. The van der Waals surface area contributed by atoms with Crippen molar-refractivity contribution < 1.29 is 0 Å². The van der Waals surface area contributed by atoms with E-state index in [-0.39, 0.29) is 0 Å². The Morgan fingerprint density at radius 1 is 0.609 bits per heavy atom. The van der Waals surface area contributed by atoms with Crippen molar-refractivity contribution in [3.8, 4) is 16.8 Å². The lowest BCUT2D eigenvalue weighted by molar-refractivity contribution is 0.758. The number of anilines is 3. The Bertz CT molecular complexity index is 2300. The molecule has 7 aromatic rings. The van der Waals surface area contributed by atoms with Gasteiger partial charge in [0.05, 0.1) is 11.0 Å². The van der Waals surface area contributed by atoms with Crippen LogP contribution in [0.15, 0.2) is 158 Å². The van der Waals surface area contributed by atoms with E-state index in [0.29, 0.717) is 5.92 Å². The second kappa shape index (κ2) is 10.8. The second-order valence-electron chi connectivity index (χ2n) is 12.6. The molecule has 0 bridgehead atoms. The fourth-order valence-electron chi connectivity index (χ4n) is 7.64. The molecule has 6 aromatic carbocycles. The number of allylic oxidation sites excluding steroid dienone is 4. The first-order valence-corrected chi connectivity index (χ1v) is 16.3. The summed E-state index contributed by atoms with van der Waals surface area (Å²) in [6, 6.07) is 51.2. The van der Waals surface area contributed by atoms with Gasteiger partial charge in [0, 0.05) is 39.1 Å². The van der Waals surface area contributed by atoms with Gasteiger partial charge in [-0.05, 0) is 101 Å². The van der Waals surface area contributed by atoms with Crippen LogP contribution in [0.5, 0.6) is 0 Å². The Morgan fingerprint density at radius 2 is 1.30 bits per heavy atom. The molecule has 0 saturated heterocycles. The van der Waals surface area contributed by atoms with Crippen LogP contribution in [0.4, 0.5) is 17.1 Å². The lowest BCUT2D eigenvalue weighted by atomic mass is 9.88. The van der Waals surface area contributed by atoms with Crippen LogP contribution in [0.2, 0.25) is 0 Å². The number of rotatable bonds is 5. The van der Waals surface area contributed by atoms with E-state index >= 15 is 0 Å². The maximum Gasteiger partial charge on any atom is 0.0622 e. The van der Waals surface area contributed by atoms with E-state index in [0.717, 1.165) is 29.9 Å². The predicted octanol–water partition coefficient (Wildman–Crippen LogP) is 11.8. The smallest absolute Gasteiger partial charge is 0.0622 e. The fraction of sp³-hybridized carbons (Fsp3) is 0.0909. The fourth-order valence-corrected chi connectivity index (χ4v) is 7.64. The zero-order valence-electron chi connectivity index (χ0n) is 25.9. The lowest BCUT2D eigenvalue weighted by Crippen LogP contribution is -2.10. The normalized spacial score (nSPS) is 15.2. The molecule has 2 aliphatic carbocycles. The molecule has 0 spiro atoms.